The number of amides is 2. The molecule has 2 rings (SSSR count). The highest BCUT2D eigenvalue weighted by Gasteiger charge is 2.28. The summed E-state index contributed by atoms with van der Waals surface area (Å²) in [5, 5.41) is 2.87. The molecule has 0 spiro atoms. The van der Waals surface area contributed by atoms with Crippen LogP contribution in [0.3, 0.4) is 0 Å². The Bertz CT molecular complexity index is 416. The summed E-state index contributed by atoms with van der Waals surface area (Å²) in [6, 6.07) is 0. The maximum atomic E-state index is 11.9. The van der Waals surface area contributed by atoms with Crippen LogP contribution in [0.4, 0.5) is 0 Å². The molecule has 1 aromatic heterocycles. The Morgan fingerprint density at radius 2 is 2.44 bits per heavy atom. The fourth-order valence-electron chi connectivity index (χ4n) is 2.04. The van der Waals surface area contributed by atoms with Gasteiger partial charge >= 0.3 is 0 Å². The molecule has 1 N–H and O–H groups in total. The van der Waals surface area contributed by atoms with Crippen molar-refractivity contribution in [2.75, 3.05) is 20.1 Å². The van der Waals surface area contributed by atoms with E-state index in [4.69, 9.17) is 0 Å². The Labute approximate surface area is 106 Å². The SMILES string of the molecule is CN1CC[C@H](C(=O)NCCn2ccnc2)CC1=O. The summed E-state index contributed by atoms with van der Waals surface area (Å²) in [7, 11) is 1.77. The lowest BCUT2D eigenvalue weighted by atomic mass is 9.96. The first-order chi connectivity index (χ1) is 8.66. The zero-order valence-corrected chi connectivity index (χ0v) is 10.5. The summed E-state index contributed by atoms with van der Waals surface area (Å²) in [6.45, 7) is 1.93. The van der Waals surface area contributed by atoms with Gasteiger partial charge in [0.15, 0.2) is 0 Å². The van der Waals surface area contributed by atoms with Crippen molar-refractivity contribution in [2.45, 2.75) is 19.4 Å². The van der Waals surface area contributed by atoms with Crippen LogP contribution in [0.15, 0.2) is 18.7 Å². The van der Waals surface area contributed by atoms with Crippen LogP contribution in [0.25, 0.3) is 0 Å². The van der Waals surface area contributed by atoms with Crippen molar-refractivity contribution in [3.63, 3.8) is 0 Å². The van der Waals surface area contributed by atoms with E-state index in [0.717, 1.165) is 6.42 Å². The highest BCUT2D eigenvalue weighted by atomic mass is 16.2. The van der Waals surface area contributed by atoms with E-state index in [2.05, 4.69) is 10.3 Å². The second kappa shape index (κ2) is 5.66. The van der Waals surface area contributed by atoms with Crippen LogP contribution in [-0.4, -0.2) is 46.4 Å². The maximum absolute atomic E-state index is 11.9. The summed E-state index contributed by atoms with van der Waals surface area (Å²) < 4.78 is 1.90. The molecule has 1 aromatic rings. The minimum absolute atomic E-state index is 0.0171. The zero-order valence-electron chi connectivity index (χ0n) is 10.5. The van der Waals surface area contributed by atoms with Gasteiger partial charge in [-0.3, -0.25) is 9.59 Å². The molecule has 6 nitrogen and oxygen atoms in total. The van der Waals surface area contributed by atoms with E-state index >= 15 is 0 Å². The van der Waals surface area contributed by atoms with Gasteiger partial charge in [0.25, 0.3) is 0 Å². The van der Waals surface area contributed by atoms with Gasteiger partial charge in [0.2, 0.25) is 11.8 Å². The molecule has 98 valence electrons. The average molecular weight is 250 g/mol. The molecule has 1 saturated heterocycles. The van der Waals surface area contributed by atoms with Gasteiger partial charge in [-0.15, -0.1) is 0 Å². The van der Waals surface area contributed by atoms with Gasteiger partial charge in [0, 0.05) is 51.4 Å². The number of nitrogens with one attached hydrogen (secondary N) is 1. The molecule has 0 bridgehead atoms. The van der Waals surface area contributed by atoms with E-state index in [0.29, 0.717) is 26.1 Å². The van der Waals surface area contributed by atoms with Crippen LogP contribution in [0.1, 0.15) is 12.8 Å². The highest BCUT2D eigenvalue weighted by Crippen LogP contribution is 2.16. The van der Waals surface area contributed by atoms with Crippen molar-refractivity contribution < 1.29 is 9.59 Å². The summed E-state index contributed by atoms with van der Waals surface area (Å²) in [5.41, 5.74) is 0. The van der Waals surface area contributed by atoms with Gasteiger partial charge in [-0.25, -0.2) is 4.98 Å². The summed E-state index contributed by atoms with van der Waals surface area (Å²) in [4.78, 5) is 29.0. The Hall–Kier alpha value is -1.85. The fraction of sp³-hybridized carbons (Fsp3) is 0.583. The molecule has 2 heterocycles. The molecule has 1 fully saturated rings. The number of hydrogen-bond acceptors (Lipinski definition) is 3. The number of carbonyl (C=O) groups is 2. The molecule has 0 radical (unpaired) electrons. The van der Waals surface area contributed by atoms with Crippen LogP contribution >= 0.6 is 0 Å². The van der Waals surface area contributed by atoms with E-state index in [-0.39, 0.29) is 17.7 Å². The summed E-state index contributed by atoms with van der Waals surface area (Å²) in [6.07, 6.45) is 6.35. The molecular formula is C12H18N4O2. The first-order valence-corrected chi connectivity index (χ1v) is 6.14. The molecule has 1 aliphatic heterocycles. The number of likely N-dealkylation sites (tertiary alicyclic amines) is 1. The molecule has 18 heavy (non-hydrogen) atoms. The van der Waals surface area contributed by atoms with E-state index in [1.54, 1.807) is 24.5 Å². The quantitative estimate of drug-likeness (QED) is 0.809. The molecule has 0 unspecified atom stereocenters. The number of rotatable bonds is 4. The third kappa shape index (κ3) is 3.09. The standard InChI is InChI=1S/C12H18N4O2/c1-15-5-2-10(8-11(15)17)12(18)14-4-7-16-6-3-13-9-16/h3,6,9-10H,2,4-5,7-8H2,1H3,(H,14,18)/t10-/m0/s1. The number of carbonyl (C=O) groups excluding carboxylic acids is 2. The second-order valence-corrected chi connectivity index (χ2v) is 4.60. The predicted molar refractivity (Wildman–Crippen MR) is 65.6 cm³/mol. The van der Waals surface area contributed by atoms with Crippen LogP contribution in [-0.2, 0) is 16.1 Å². The van der Waals surface area contributed by atoms with Gasteiger partial charge in [0.1, 0.15) is 0 Å². The van der Waals surface area contributed by atoms with Gasteiger partial charge in [0.05, 0.1) is 6.33 Å². The van der Waals surface area contributed by atoms with Crippen LogP contribution in [0.2, 0.25) is 0 Å². The van der Waals surface area contributed by atoms with Gasteiger partial charge in [-0.05, 0) is 6.42 Å². The number of hydrogen-bond donors (Lipinski definition) is 1. The minimum atomic E-state index is -0.170. The lowest BCUT2D eigenvalue weighted by molar-refractivity contribution is -0.139. The molecule has 6 heteroatoms. The van der Waals surface area contributed by atoms with Crippen molar-refractivity contribution in [1.29, 1.82) is 0 Å². The zero-order chi connectivity index (χ0) is 13.0. The van der Waals surface area contributed by atoms with Crippen LogP contribution < -0.4 is 5.32 Å². The monoisotopic (exact) mass is 250 g/mol. The van der Waals surface area contributed by atoms with E-state index in [1.807, 2.05) is 10.8 Å². The van der Waals surface area contributed by atoms with Crippen molar-refractivity contribution in [3.05, 3.63) is 18.7 Å². The third-order valence-corrected chi connectivity index (χ3v) is 3.26. The smallest absolute Gasteiger partial charge is 0.223 e. The first-order valence-electron chi connectivity index (χ1n) is 6.14. The van der Waals surface area contributed by atoms with Crippen LogP contribution in [0.5, 0.6) is 0 Å². The Kier molecular flexibility index (Phi) is 3.96. The number of aromatic nitrogens is 2. The predicted octanol–water partition coefficient (Wildman–Crippen LogP) is -0.132. The lowest BCUT2D eigenvalue weighted by Crippen LogP contribution is -2.42. The largest absolute Gasteiger partial charge is 0.354 e. The lowest BCUT2D eigenvalue weighted by Gasteiger charge is -2.27. The number of piperidine rings is 1. The van der Waals surface area contributed by atoms with E-state index < -0.39 is 0 Å². The summed E-state index contributed by atoms with van der Waals surface area (Å²) in [5.74, 6) is -0.135. The second-order valence-electron chi connectivity index (χ2n) is 4.60. The van der Waals surface area contributed by atoms with Gasteiger partial charge < -0.3 is 14.8 Å². The van der Waals surface area contributed by atoms with E-state index in [1.165, 1.54) is 0 Å². The van der Waals surface area contributed by atoms with Gasteiger partial charge in [-0.2, -0.15) is 0 Å². The molecule has 0 aliphatic carbocycles. The molecule has 2 amide bonds. The highest BCUT2D eigenvalue weighted by molar-refractivity contribution is 5.86. The Morgan fingerprint density at radius 1 is 1.61 bits per heavy atom. The van der Waals surface area contributed by atoms with Gasteiger partial charge in [-0.1, -0.05) is 0 Å². The Balaban J connectivity index is 1.73. The third-order valence-electron chi connectivity index (χ3n) is 3.26. The van der Waals surface area contributed by atoms with Crippen molar-refractivity contribution in [2.24, 2.45) is 5.92 Å². The maximum Gasteiger partial charge on any atom is 0.223 e. The van der Waals surface area contributed by atoms with Crippen molar-refractivity contribution in [3.8, 4) is 0 Å². The molecular weight excluding hydrogens is 232 g/mol. The summed E-state index contributed by atoms with van der Waals surface area (Å²) >= 11 is 0. The molecule has 0 aromatic carbocycles. The van der Waals surface area contributed by atoms with E-state index in [9.17, 15) is 9.59 Å². The number of imidazole rings is 1. The average Bonchev–Trinajstić information content (AvgIpc) is 2.85. The topological polar surface area (TPSA) is 67.2 Å². The number of nitrogens with zero attached hydrogens (tertiary/aromatic N) is 3. The molecule has 1 atom stereocenters. The normalized spacial score (nSPS) is 19.9. The minimum Gasteiger partial charge on any atom is -0.354 e. The fourth-order valence-corrected chi connectivity index (χ4v) is 2.04. The first kappa shape index (κ1) is 12.6. The molecule has 0 saturated carbocycles. The van der Waals surface area contributed by atoms with Crippen molar-refractivity contribution >= 4 is 11.8 Å². The molecule has 1 aliphatic rings. The van der Waals surface area contributed by atoms with Crippen molar-refractivity contribution in [1.82, 2.24) is 19.8 Å². The Morgan fingerprint density at radius 3 is 3.11 bits per heavy atom. The van der Waals surface area contributed by atoms with Crippen LogP contribution in [0, 0.1) is 5.92 Å².